The normalized spacial score (nSPS) is 25.6. The Hall–Kier alpha value is -1.55. The summed E-state index contributed by atoms with van der Waals surface area (Å²) < 4.78 is 0. The highest BCUT2D eigenvalue weighted by Gasteiger charge is 2.44. The molecular weight excluding hydrogens is 314 g/mol. The highest BCUT2D eigenvalue weighted by Crippen LogP contribution is 2.47. The molecule has 1 amide bonds. The van der Waals surface area contributed by atoms with Crippen molar-refractivity contribution in [2.45, 2.75) is 43.9 Å². The van der Waals surface area contributed by atoms with E-state index in [1.54, 1.807) is 0 Å². The van der Waals surface area contributed by atoms with Gasteiger partial charge < -0.3 is 10.4 Å². The molecule has 4 nitrogen and oxygen atoms in total. The molecule has 0 radical (unpaired) electrons. The van der Waals surface area contributed by atoms with Crippen LogP contribution in [0.15, 0.2) is 24.3 Å². The molecule has 0 aromatic heterocycles. The van der Waals surface area contributed by atoms with Crippen LogP contribution in [0.4, 0.5) is 0 Å². The van der Waals surface area contributed by atoms with E-state index >= 15 is 0 Å². The summed E-state index contributed by atoms with van der Waals surface area (Å²) in [4.78, 5) is 23.5. The number of halogens is 1. The highest BCUT2D eigenvalue weighted by atomic mass is 35.5. The largest absolute Gasteiger partial charge is 0.481 e. The first kappa shape index (κ1) is 16.3. The summed E-state index contributed by atoms with van der Waals surface area (Å²) in [5.41, 5.74) is 1.26. The van der Waals surface area contributed by atoms with Gasteiger partial charge in [-0.05, 0) is 49.8 Å². The average Bonchev–Trinajstić information content (AvgIpc) is 3.34. The Balaban J connectivity index is 1.56. The van der Waals surface area contributed by atoms with Crippen LogP contribution in [0.1, 0.15) is 44.1 Å². The number of nitrogens with one attached hydrogen (secondary N) is 1. The number of carbonyl (C=O) groups is 2. The molecule has 2 aliphatic carbocycles. The van der Waals surface area contributed by atoms with Crippen LogP contribution < -0.4 is 5.32 Å². The fourth-order valence-corrected chi connectivity index (χ4v) is 3.70. The van der Waals surface area contributed by atoms with Gasteiger partial charge in [-0.1, -0.05) is 30.2 Å². The Morgan fingerprint density at radius 1 is 1.17 bits per heavy atom. The maximum Gasteiger partial charge on any atom is 0.306 e. The minimum absolute atomic E-state index is 0.0104. The minimum atomic E-state index is -0.776. The van der Waals surface area contributed by atoms with Crippen LogP contribution in [0.5, 0.6) is 0 Å². The van der Waals surface area contributed by atoms with E-state index in [9.17, 15) is 9.59 Å². The molecule has 2 unspecified atom stereocenters. The molecule has 2 aliphatic rings. The second-order valence-electron chi connectivity index (χ2n) is 6.90. The van der Waals surface area contributed by atoms with Crippen LogP contribution in [0, 0.1) is 11.8 Å². The van der Waals surface area contributed by atoms with Gasteiger partial charge >= 0.3 is 5.97 Å². The summed E-state index contributed by atoms with van der Waals surface area (Å²) in [6.07, 6.45) is 4.90. The summed E-state index contributed by atoms with van der Waals surface area (Å²) in [5, 5.41) is 12.9. The quantitative estimate of drug-likeness (QED) is 0.866. The van der Waals surface area contributed by atoms with Crippen molar-refractivity contribution in [3.8, 4) is 0 Å². The van der Waals surface area contributed by atoms with E-state index in [0.29, 0.717) is 19.4 Å². The van der Waals surface area contributed by atoms with E-state index < -0.39 is 5.97 Å². The molecule has 23 heavy (non-hydrogen) atoms. The molecule has 0 heterocycles. The van der Waals surface area contributed by atoms with Gasteiger partial charge in [-0.15, -0.1) is 0 Å². The van der Waals surface area contributed by atoms with Crippen LogP contribution in [-0.4, -0.2) is 23.5 Å². The lowest BCUT2D eigenvalue weighted by Gasteiger charge is -2.26. The van der Waals surface area contributed by atoms with Gasteiger partial charge in [0.1, 0.15) is 0 Å². The molecule has 0 saturated heterocycles. The molecular formula is C18H22ClNO3. The lowest BCUT2D eigenvalue weighted by atomic mass is 9.81. The number of amides is 1. The van der Waals surface area contributed by atoms with Crippen LogP contribution in [0.25, 0.3) is 0 Å². The number of aliphatic carboxylic acids is 1. The van der Waals surface area contributed by atoms with Gasteiger partial charge in [-0.3, -0.25) is 9.59 Å². The number of hydrogen-bond donors (Lipinski definition) is 2. The first-order valence-electron chi connectivity index (χ1n) is 8.27. The number of carboxylic acid groups (broad SMARTS) is 1. The molecule has 0 aliphatic heterocycles. The van der Waals surface area contributed by atoms with E-state index in [1.165, 1.54) is 5.56 Å². The molecule has 2 N–H and O–H groups in total. The zero-order valence-electron chi connectivity index (χ0n) is 13.1. The van der Waals surface area contributed by atoms with Gasteiger partial charge in [0.05, 0.1) is 5.92 Å². The van der Waals surface area contributed by atoms with Crippen molar-refractivity contribution in [3.63, 3.8) is 0 Å². The van der Waals surface area contributed by atoms with Gasteiger partial charge in [-0.2, -0.15) is 0 Å². The van der Waals surface area contributed by atoms with Crippen molar-refractivity contribution in [1.82, 2.24) is 5.32 Å². The van der Waals surface area contributed by atoms with Crippen molar-refractivity contribution in [3.05, 3.63) is 34.9 Å². The molecule has 2 atom stereocenters. The van der Waals surface area contributed by atoms with Crippen LogP contribution in [0.3, 0.4) is 0 Å². The van der Waals surface area contributed by atoms with E-state index in [1.807, 2.05) is 24.3 Å². The first-order valence-corrected chi connectivity index (χ1v) is 8.64. The fourth-order valence-electron chi connectivity index (χ4n) is 3.57. The van der Waals surface area contributed by atoms with Gasteiger partial charge in [-0.25, -0.2) is 0 Å². The van der Waals surface area contributed by atoms with E-state index in [2.05, 4.69) is 5.32 Å². The van der Waals surface area contributed by atoms with Crippen molar-refractivity contribution in [2.75, 3.05) is 6.54 Å². The van der Waals surface area contributed by atoms with Crippen LogP contribution in [0.2, 0.25) is 5.02 Å². The van der Waals surface area contributed by atoms with E-state index in [-0.39, 0.29) is 23.2 Å². The number of carboxylic acids is 1. The zero-order valence-corrected chi connectivity index (χ0v) is 13.8. The second kappa shape index (κ2) is 6.52. The zero-order chi connectivity index (χ0) is 16.4. The number of rotatable bonds is 5. The van der Waals surface area contributed by atoms with Crippen molar-refractivity contribution in [1.29, 1.82) is 0 Å². The number of carbonyl (C=O) groups excluding carboxylic acids is 1. The summed E-state index contributed by atoms with van der Waals surface area (Å²) in [6.45, 7) is 0.627. The van der Waals surface area contributed by atoms with Crippen molar-refractivity contribution in [2.24, 2.45) is 11.8 Å². The highest BCUT2D eigenvalue weighted by molar-refractivity contribution is 6.30. The SMILES string of the molecule is O=C(O)C1CCCC(C(=O)NCC2(c3ccc(Cl)cc3)CC2)C1. The maximum atomic E-state index is 12.4. The molecule has 1 aromatic carbocycles. The standard InChI is InChI=1S/C18H22ClNO3/c19-15-6-4-14(5-7-15)18(8-9-18)11-20-16(21)12-2-1-3-13(10-12)17(22)23/h4-7,12-13H,1-3,8-11H2,(H,20,21)(H,22,23). The molecule has 5 heteroatoms. The maximum absolute atomic E-state index is 12.4. The van der Waals surface area contributed by atoms with Crippen LogP contribution >= 0.6 is 11.6 Å². The Kier molecular flexibility index (Phi) is 4.62. The second-order valence-corrected chi connectivity index (χ2v) is 7.34. The summed E-state index contributed by atoms with van der Waals surface area (Å²) in [5.74, 6) is -1.30. The third-order valence-electron chi connectivity index (χ3n) is 5.31. The summed E-state index contributed by atoms with van der Waals surface area (Å²) >= 11 is 5.93. The molecule has 0 spiro atoms. The number of hydrogen-bond acceptors (Lipinski definition) is 2. The number of benzene rings is 1. The fraction of sp³-hybridized carbons (Fsp3) is 0.556. The smallest absolute Gasteiger partial charge is 0.306 e. The average molecular weight is 336 g/mol. The Bertz CT molecular complexity index is 595. The topological polar surface area (TPSA) is 66.4 Å². The third kappa shape index (κ3) is 3.69. The van der Waals surface area contributed by atoms with Gasteiger partial charge in [0.25, 0.3) is 0 Å². The van der Waals surface area contributed by atoms with Gasteiger partial charge in [0, 0.05) is 22.9 Å². The predicted octanol–water partition coefficient (Wildman–Crippen LogP) is 3.38. The Labute approximate surface area is 141 Å². The van der Waals surface area contributed by atoms with E-state index in [4.69, 9.17) is 16.7 Å². The summed E-state index contributed by atoms with van der Waals surface area (Å²) in [6, 6.07) is 7.83. The van der Waals surface area contributed by atoms with E-state index in [0.717, 1.165) is 30.7 Å². The minimum Gasteiger partial charge on any atom is -0.481 e. The van der Waals surface area contributed by atoms with Gasteiger partial charge in [0.15, 0.2) is 0 Å². The third-order valence-corrected chi connectivity index (χ3v) is 5.56. The summed E-state index contributed by atoms with van der Waals surface area (Å²) in [7, 11) is 0. The lowest BCUT2D eigenvalue weighted by Crippen LogP contribution is -2.39. The molecule has 1 aromatic rings. The molecule has 0 bridgehead atoms. The monoisotopic (exact) mass is 335 g/mol. The predicted molar refractivity (Wildman–Crippen MR) is 88.5 cm³/mol. The van der Waals surface area contributed by atoms with Crippen LogP contribution in [-0.2, 0) is 15.0 Å². The first-order chi connectivity index (χ1) is 11.0. The molecule has 2 fully saturated rings. The van der Waals surface area contributed by atoms with Crippen molar-refractivity contribution < 1.29 is 14.7 Å². The molecule has 2 saturated carbocycles. The Morgan fingerprint density at radius 3 is 2.43 bits per heavy atom. The molecule has 3 rings (SSSR count). The van der Waals surface area contributed by atoms with Crippen molar-refractivity contribution >= 4 is 23.5 Å². The molecule has 124 valence electrons. The lowest BCUT2D eigenvalue weighted by molar-refractivity contribution is -0.144. The Morgan fingerprint density at radius 2 is 1.83 bits per heavy atom. The van der Waals surface area contributed by atoms with Gasteiger partial charge in [0.2, 0.25) is 5.91 Å².